The molecule has 0 saturated carbocycles. The first-order chi connectivity index (χ1) is 53.2. The number of allylic oxidation sites excluding steroid dienone is 1. The number of hydrogen-bond donors (Lipinski definition) is 4. The largest absolute Gasteiger partial charge is 0.492 e. The van der Waals surface area contributed by atoms with Crippen molar-refractivity contribution in [3.05, 3.63) is 304 Å². The maximum Gasteiger partial charge on any atom is 0.283 e. The number of rotatable bonds is 16. The molecule has 4 N–H and O–H groups in total. The number of aliphatic imine (C=N–C) groups is 1. The van der Waals surface area contributed by atoms with E-state index in [1.165, 1.54) is 73.2 Å². The summed E-state index contributed by atoms with van der Waals surface area (Å²) in [5.74, 6) is 0.328. The zero-order valence-corrected chi connectivity index (χ0v) is 57.7. The monoisotopic (exact) mass is 1500 g/mol. The maximum absolute atomic E-state index is 13.8. The van der Waals surface area contributed by atoms with Gasteiger partial charge in [-0.25, -0.2) is 13.2 Å². The molecular formula is C79H52Cl2F3N13O12. The number of aryl methyl sites for hydroxylation is 1. The molecule has 0 spiro atoms. The molecule has 8 aromatic carbocycles. The average Bonchev–Trinajstić information content (AvgIpc) is 1.81. The van der Waals surface area contributed by atoms with Gasteiger partial charge in [0.05, 0.1) is 70.5 Å². The van der Waals surface area contributed by atoms with Gasteiger partial charge < -0.3 is 56.9 Å². The van der Waals surface area contributed by atoms with Crippen molar-refractivity contribution >= 4 is 75.3 Å². The summed E-state index contributed by atoms with van der Waals surface area (Å²) >= 11 is 12.5. The van der Waals surface area contributed by atoms with Gasteiger partial charge in [-0.1, -0.05) is 96.0 Å². The van der Waals surface area contributed by atoms with Crippen molar-refractivity contribution in [2.24, 2.45) is 4.99 Å². The van der Waals surface area contributed by atoms with Crippen molar-refractivity contribution in [3.8, 4) is 86.5 Å². The number of benzene rings is 8. The lowest BCUT2D eigenvalue weighted by molar-refractivity contribution is 0.101. The zero-order chi connectivity index (χ0) is 75.2. The minimum Gasteiger partial charge on any atom is -0.492 e. The molecule has 9 heterocycles. The first-order valence-corrected chi connectivity index (χ1v) is 33.7. The van der Waals surface area contributed by atoms with Crippen molar-refractivity contribution in [2.75, 3.05) is 34.4 Å². The number of aromatic nitrogens is 8. The van der Waals surface area contributed by atoms with Crippen LogP contribution in [-0.2, 0) is 6.42 Å². The minimum atomic E-state index is -0.623. The Bertz CT molecular complexity index is 5840. The average molecular weight is 1500 g/mol. The van der Waals surface area contributed by atoms with Crippen LogP contribution in [0.15, 0.2) is 279 Å². The molecule has 2 aliphatic heterocycles. The molecule has 2 aliphatic rings. The lowest BCUT2D eigenvalue weighted by Gasteiger charge is -2.19. The number of hydrogen-bond acceptors (Lipinski definition) is 21. The standard InChI is InChI=1S/C22H17N3O4.2C19H11ClFN3O3.C19H13FN4O2/c26-20(17-9-2-5-14-7-3-12-28-19(14)17)23-16-8-1-6-15(13-16)21-24-25-22(29-21)18-10-4-11-27-18;20-16-12(18-23-24-19(27-18)15-9-4-10-26-15)6-3-8-14(16)22-17(25)11-5-1-2-7-13(11)21;20-12-8-11(18-23-24-19(27-18)16-6-3-7-26-16)9-13(10-12)22-17(25)14-4-1-2-5-15(14)21;20-15-8-2-1-7-14(15)17(25)22-13-6-3-5-12(11-13)18-23-24-19(26-18)16-9-4-10-21-16/h1-2,4-6,8-11,13H,3,7,12H2,(H,23,26);2*1-10H,(H,22,25);1-9,11H,10H2,(H,22,25). The highest BCUT2D eigenvalue weighted by Gasteiger charge is 2.24. The second kappa shape index (κ2) is 33.2. The summed E-state index contributed by atoms with van der Waals surface area (Å²) in [5.41, 5.74) is 6.09. The summed E-state index contributed by atoms with van der Waals surface area (Å²) in [6.07, 6.45) is 10.1. The first kappa shape index (κ1) is 71.6. The van der Waals surface area contributed by atoms with Gasteiger partial charge in [0.2, 0.25) is 23.6 Å². The van der Waals surface area contributed by atoms with E-state index in [4.69, 9.17) is 58.9 Å². The zero-order valence-electron chi connectivity index (χ0n) is 56.2. The third-order valence-corrected chi connectivity index (χ3v) is 16.5. The SMILES string of the molecule is O=C(Nc1cc(Cl)cc(-c2nnc(-c3ccco3)o2)c1)c1ccccc1F.O=C(Nc1cccc(-c2nnc(-c3ccco3)o2)c1)c1cccc2c1OCCC2.O=C(Nc1cccc(-c2nnc(-c3ccco3)o2)c1Cl)c1ccccc1F.O=C(Nc1cccc(-c2nnc(C3=NCC=C3)o2)c1)c1ccccc1F. The number of carbonyl (C=O) groups excluding carboxylic acids is 4. The van der Waals surface area contributed by atoms with Gasteiger partial charge in [-0.05, 0) is 170 Å². The van der Waals surface area contributed by atoms with Crippen LogP contribution in [-0.4, -0.2) is 83.3 Å². The summed E-state index contributed by atoms with van der Waals surface area (Å²) in [5, 5.41) is 43.2. The molecule has 25 nitrogen and oxygen atoms in total. The Morgan fingerprint density at radius 2 is 0.835 bits per heavy atom. The Morgan fingerprint density at radius 1 is 0.394 bits per heavy atom. The van der Waals surface area contributed by atoms with Crippen LogP contribution in [0, 0.1) is 17.5 Å². The molecule has 0 unspecified atom stereocenters. The third kappa shape index (κ3) is 17.2. The van der Waals surface area contributed by atoms with Crippen LogP contribution in [0.4, 0.5) is 35.9 Å². The van der Waals surface area contributed by atoms with Crippen molar-refractivity contribution < 1.29 is 68.0 Å². The van der Waals surface area contributed by atoms with Crippen molar-refractivity contribution in [2.45, 2.75) is 12.8 Å². The number of furan rings is 3. The molecule has 0 aliphatic carbocycles. The fourth-order valence-electron chi connectivity index (χ4n) is 10.8. The van der Waals surface area contributed by atoms with Crippen molar-refractivity contribution in [1.29, 1.82) is 0 Å². The van der Waals surface area contributed by atoms with E-state index in [-0.39, 0.29) is 51.2 Å². The fraction of sp³-hybridized carbons (Fsp3) is 0.0506. The van der Waals surface area contributed by atoms with Crippen molar-refractivity contribution in [1.82, 2.24) is 40.8 Å². The first-order valence-electron chi connectivity index (χ1n) is 32.9. The van der Waals surface area contributed by atoms with E-state index in [1.54, 1.807) is 134 Å². The van der Waals surface area contributed by atoms with E-state index in [1.807, 2.05) is 36.4 Å². The van der Waals surface area contributed by atoms with E-state index in [9.17, 15) is 32.3 Å². The van der Waals surface area contributed by atoms with Gasteiger partial charge in [-0.3, -0.25) is 24.2 Å². The number of para-hydroxylation sites is 1. The van der Waals surface area contributed by atoms with E-state index in [2.05, 4.69) is 67.0 Å². The Kier molecular flexibility index (Phi) is 21.8. The Labute approximate surface area is 624 Å². The van der Waals surface area contributed by atoms with E-state index in [0.29, 0.717) is 121 Å². The Morgan fingerprint density at radius 3 is 1.36 bits per heavy atom. The van der Waals surface area contributed by atoms with Gasteiger partial charge in [0.1, 0.15) is 28.9 Å². The summed E-state index contributed by atoms with van der Waals surface area (Å²) in [6, 6.07) is 56.9. The van der Waals surface area contributed by atoms with E-state index >= 15 is 0 Å². The molecule has 0 radical (unpaired) electrons. The topological polar surface area (TPSA) is 333 Å². The second-order valence-electron chi connectivity index (χ2n) is 23.3. The van der Waals surface area contributed by atoms with Crippen LogP contribution in [0.2, 0.25) is 10.0 Å². The van der Waals surface area contributed by atoms with Crippen molar-refractivity contribution in [3.63, 3.8) is 0 Å². The number of ether oxygens (including phenoxy) is 1. The molecule has 109 heavy (non-hydrogen) atoms. The van der Waals surface area contributed by atoms with E-state index < -0.39 is 35.2 Å². The molecule has 7 aromatic heterocycles. The van der Waals surface area contributed by atoms with Gasteiger partial charge in [-0.15, -0.1) is 40.8 Å². The highest BCUT2D eigenvalue weighted by molar-refractivity contribution is 6.36. The van der Waals surface area contributed by atoms with Crippen LogP contribution >= 0.6 is 23.2 Å². The normalized spacial score (nSPS) is 11.8. The number of nitrogens with zero attached hydrogens (tertiary/aromatic N) is 9. The molecule has 0 fully saturated rings. The highest BCUT2D eigenvalue weighted by Crippen LogP contribution is 2.37. The van der Waals surface area contributed by atoms with Crippen LogP contribution < -0.4 is 26.0 Å². The number of anilines is 4. The smallest absolute Gasteiger partial charge is 0.283 e. The lowest BCUT2D eigenvalue weighted by atomic mass is 10.0. The van der Waals surface area contributed by atoms with Crippen LogP contribution in [0.1, 0.15) is 59.3 Å². The summed E-state index contributed by atoms with van der Waals surface area (Å²) in [6.45, 7) is 1.23. The number of carbonyl (C=O) groups is 4. The second-order valence-corrected chi connectivity index (χ2v) is 24.1. The van der Waals surface area contributed by atoms with Gasteiger partial charge in [0.15, 0.2) is 17.3 Å². The van der Waals surface area contributed by atoms with Gasteiger partial charge in [0.25, 0.3) is 47.2 Å². The fourth-order valence-corrected chi connectivity index (χ4v) is 11.3. The van der Waals surface area contributed by atoms with Crippen LogP contribution in [0.5, 0.6) is 5.75 Å². The quantitative estimate of drug-likeness (QED) is 0.0698. The minimum absolute atomic E-state index is 0.0241. The molecule has 4 amide bonds. The molecule has 30 heteroatoms. The molecule has 0 bridgehead atoms. The number of fused-ring (bicyclic) bond motifs is 1. The predicted molar refractivity (Wildman–Crippen MR) is 394 cm³/mol. The predicted octanol–water partition coefficient (Wildman–Crippen LogP) is 18.1. The summed E-state index contributed by atoms with van der Waals surface area (Å²) in [7, 11) is 0. The maximum atomic E-state index is 13.8. The molecular weight excluding hydrogens is 1450 g/mol. The summed E-state index contributed by atoms with van der Waals surface area (Å²) < 4.78 is 85.2. The van der Waals surface area contributed by atoms with Crippen LogP contribution in [0.3, 0.4) is 0 Å². The van der Waals surface area contributed by atoms with Gasteiger partial charge in [-0.2, -0.15) is 0 Å². The van der Waals surface area contributed by atoms with Gasteiger partial charge in [0, 0.05) is 38.8 Å². The third-order valence-electron chi connectivity index (χ3n) is 15.9. The number of halogens is 5. The summed E-state index contributed by atoms with van der Waals surface area (Å²) in [4.78, 5) is 53.9. The Balaban J connectivity index is 0.000000121. The molecule has 0 saturated heterocycles. The molecule has 540 valence electrons. The Hall–Kier alpha value is -14.4. The van der Waals surface area contributed by atoms with Crippen LogP contribution in [0.25, 0.3) is 80.8 Å². The molecule has 17 rings (SSSR count). The van der Waals surface area contributed by atoms with E-state index in [0.717, 1.165) is 18.4 Å². The lowest BCUT2D eigenvalue weighted by Crippen LogP contribution is -2.17. The molecule has 15 aromatic rings. The highest BCUT2D eigenvalue weighted by atomic mass is 35.5. The molecule has 0 atom stereocenters. The number of nitrogens with one attached hydrogen (secondary N) is 4. The van der Waals surface area contributed by atoms with Gasteiger partial charge >= 0.3 is 0 Å². The number of amides is 4.